The van der Waals surface area contributed by atoms with Crippen LogP contribution in [0.25, 0.3) is 11.0 Å². The van der Waals surface area contributed by atoms with Crippen LogP contribution in [0.2, 0.25) is 0 Å². The molecule has 1 atom stereocenters. The average molecular weight is 287 g/mol. The van der Waals surface area contributed by atoms with Gasteiger partial charge in [0.25, 0.3) is 0 Å². The van der Waals surface area contributed by atoms with Gasteiger partial charge in [0.2, 0.25) is 0 Å². The molecule has 1 saturated carbocycles. The van der Waals surface area contributed by atoms with E-state index in [9.17, 15) is 9.90 Å². The second kappa shape index (κ2) is 4.84. The second-order valence-electron chi connectivity index (χ2n) is 6.35. The molecule has 0 radical (unpaired) electrons. The number of rotatable bonds is 5. The average Bonchev–Trinajstić information content (AvgIpc) is 3.14. The van der Waals surface area contributed by atoms with Crippen LogP contribution in [-0.2, 0) is 11.3 Å². The number of imidazole rings is 1. The molecule has 3 rings (SSSR count). The van der Waals surface area contributed by atoms with E-state index in [0.717, 1.165) is 23.9 Å². The summed E-state index contributed by atoms with van der Waals surface area (Å²) in [4.78, 5) is 16.1. The number of hydrogen-bond donors (Lipinski definition) is 2. The van der Waals surface area contributed by atoms with Crippen LogP contribution < -0.4 is 5.32 Å². The van der Waals surface area contributed by atoms with Gasteiger partial charge in [0.1, 0.15) is 5.54 Å². The predicted octanol–water partition coefficient (Wildman–Crippen LogP) is 2.25. The lowest BCUT2D eigenvalue weighted by Gasteiger charge is -2.27. The van der Waals surface area contributed by atoms with E-state index in [1.807, 2.05) is 10.6 Å². The number of hydrogen-bond acceptors (Lipinski definition) is 3. The molecule has 2 N–H and O–H groups in total. The van der Waals surface area contributed by atoms with E-state index >= 15 is 0 Å². The SMILES string of the molecule is Cc1cc2ncn(CC(C)(NC3CC3)C(=O)O)c2cc1C. The van der Waals surface area contributed by atoms with Crippen molar-refractivity contribution in [3.63, 3.8) is 0 Å². The van der Waals surface area contributed by atoms with Gasteiger partial charge in [-0.15, -0.1) is 0 Å². The van der Waals surface area contributed by atoms with Crippen molar-refractivity contribution < 1.29 is 9.90 Å². The minimum atomic E-state index is -0.965. The van der Waals surface area contributed by atoms with Gasteiger partial charge in [0, 0.05) is 6.04 Å². The smallest absolute Gasteiger partial charge is 0.325 e. The van der Waals surface area contributed by atoms with Crippen molar-refractivity contribution >= 4 is 17.0 Å². The number of benzene rings is 1. The van der Waals surface area contributed by atoms with Crippen molar-refractivity contribution in [3.8, 4) is 0 Å². The van der Waals surface area contributed by atoms with Crippen molar-refractivity contribution in [1.29, 1.82) is 0 Å². The Morgan fingerprint density at radius 1 is 1.43 bits per heavy atom. The number of fused-ring (bicyclic) bond motifs is 1. The third kappa shape index (κ3) is 2.65. The summed E-state index contributed by atoms with van der Waals surface area (Å²) < 4.78 is 1.94. The quantitative estimate of drug-likeness (QED) is 0.885. The van der Waals surface area contributed by atoms with Crippen LogP contribution in [0.15, 0.2) is 18.5 Å². The zero-order valence-electron chi connectivity index (χ0n) is 12.7. The lowest BCUT2D eigenvalue weighted by Crippen LogP contribution is -2.53. The molecule has 5 nitrogen and oxygen atoms in total. The summed E-state index contributed by atoms with van der Waals surface area (Å²) in [5.74, 6) is -0.819. The first-order valence-electron chi connectivity index (χ1n) is 7.32. The van der Waals surface area contributed by atoms with E-state index in [2.05, 4.69) is 30.2 Å². The van der Waals surface area contributed by atoms with Crippen LogP contribution >= 0.6 is 0 Å². The van der Waals surface area contributed by atoms with Crippen LogP contribution in [0.3, 0.4) is 0 Å². The van der Waals surface area contributed by atoms with Crippen molar-refractivity contribution in [2.75, 3.05) is 0 Å². The van der Waals surface area contributed by atoms with E-state index in [1.165, 1.54) is 11.1 Å². The number of aromatic nitrogens is 2. The zero-order chi connectivity index (χ0) is 15.2. The molecule has 21 heavy (non-hydrogen) atoms. The molecule has 1 aliphatic carbocycles. The third-order valence-electron chi connectivity index (χ3n) is 4.30. The van der Waals surface area contributed by atoms with Crippen LogP contribution in [-0.4, -0.2) is 32.2 Å². The normalized spacial score (nSPS) is 17.9. The molecule has 0 spiro atoms. The van der Waals surface area contributed by atoms with Gasteiger partial charge in [-0.1, -0.05) is 0 Å². The van der Waals surface area contributed by atoms with Gasteiger partial charge in [0.05, 0.1) is 23.9 Å². The molecule has 5 heteroatoms. The molecule has 0 aliphatic heterocycles. The Hall–Kier alpha value is -1.88. The highest BCUT2D eigenvalue weighted by Crippen LogP contribution is 2.25. The number of carboxylic acid groups (broad SMARTS) is 1. The summed E-state index contributed by atoms with van der Waals surface area (Å²) in [5.41, 5.74) is 3.33. The van der Waals surface area contributed by atoms with Gasteiger partial charge in [-0.05, 0) is 56.9 Å². The summed E-state index contributed by atoms with van der Waals surface area (Å²) >= 11 is 0. The van der Waals surface area contributed by atoms with Crippen LogP contribution in [0.5, 0.6) is 0 Å². The van der Waals surface area contributed by atoms with Gasteiger partial charge in [-0.3, -0.25) is 10.1 Å². The minimum Gasteiger partial charge on any atom is -0.480 e. The van der Waals surface area contributed by atoms with Crippen molar-refractivity contribution in [2.45, 2.75) is 51.7 Å². The second-order valence-corrected chi connectivity index (χ2v) is 6.35. The Labute approximate surface area is 124 Å². The Bertz CT molecular complexity index is 703. The molecule has 112 valence electrons. The fourth-order valence-corrected chi connectivity index (χ4v) is 2.63. The first-order valence-corrected chi connectivity index (χ1v) is 7.32. The van der Waals surface area contributed by atoms with Gasteiger partial charge in [0.15, 0.2) is 0 Å². The summed E-state index contributed by atoms with van der Waals surface area (Å²) in [7, 11) is 0. The summed E-state index contributed by atoms with van der Waals surface area (Å²) in [5, 5.41) is 12.8. The number of aryl methyl sites for hydroxylation is 2. The highest BCUT2D eigenvalue weighted by atomic mass is 16.4. The number of carboxylic acids is 1. The number of carbonyl (C=O) groups is 1. The molecule has 0 bridgehead atoms. The molecule has 1 aliphatic rings. The maximum Gasteiger partial charge on any atom is 0.325 e. The van der Waals surface area contributed by atoms with Gasteiger partial charge in [-0.2, -0.15) is 0 Å². The van der Waals surface area contributed by atoms with Gasteiger partial charge >= 0.3 is 5.97 Å². The molecule has 1 heterocycles. The van der Waals surface area contributed by atoms with Crippen molar-refractivity contribution in [3.05, 3.63) is 29.6 Å². The summed E-state index contributed by atoms with van der Waals surface area (Å²) in [6, 6.07) is 4.47. The van der Waals surface area contributed by atoms with Gasteiger partial charge in [-0.25, -0.2) is 4.98 Å². The van der Waals surface area contributed by atoms with Gasteiger partial charge < -0.3 is 9.67 Å². The number of nitrogens with one attached hydrogen (secondary N) is 1. The maximum atomic E-state index is 11.7. The lowest BCUT2D eigenvalue weighted by molar-refractivity contribution is -0.144. The molecular weight excluding hydrogens is 266 g/mol. The Kier molecular flexibility index (Phi) is 3.24. The van der Waals surface area contributed by atoms with Crippen LogP contribution in [0, 0.1) is 13.8 Å². The molecule has 0 saturated heterocycles. The number of aliphatic carboxylic acids is 1. The van der Waals surface area contributed by atoms with Crippen LogP contribution in [0.1, 0.15) is 30.9 Å². The lowest BCUT2D eigenvalue weighted by atomic mass is 10.0. The van der Waals surface area contributed by atoms with E-state index in [-0.39, 0.29) is 0 Å². The van der Waals surface area contributed by atoms with E-state index in [0.29, 0.717) is 12.6 Å². The third-order valence-corrected chi connectivity index (χ3v) is 4.30. The monoisotopic (exact) mass is 287 g/mol. The number of nitrogens with zero attached hydrogens (tertiary/aromatic N) is 2. The first kappa shape index (κ1) is 14.1. The fraction of sp³-hybridized carbons (Fsp3) is 0.500. The van der Waals surface area contributed by atoms with E-state index in [1.54, 1.807) is 13.3 Å². The summed E-state index contributed by atoms with van der Waals surface area (Å²) in [6.07, 6.45) is 3.86. The first-order chi connectivity index (χ1) is 9.89. The van der Waals surface area contributed by atoms with Crippen LogP contribution in [0.4, 0.5) is 0 Å². The molecular formula is C16H21N3O2. The predicted molar refractivity (Wildman–Crippen MR) is 81.4 cm³/mol. The molecule has 0 amide bonds. The standard InChI is InChI=1S/C16H21N3O2/c1-10-6-13-14(7-11(10)2)19(9-17-13)8-16(3,15(20)21)18-12-4-5-12/h6-7,9,12,18H,4-5,8H2,1-3H3,(H,20,21). The van der Waals surface area contributed by atoms with Crippen molar-refractivity contribution in [2.24, 2.45) is 0 Å². The molecule has 1 aromatic heterocycles. The minimum absolute atomic E-state index is 0.338. The highest BCUT2D eigenvalue weighted by Gasteiger charge is 2.39. The van der Waals surface area contributed by atoms with E-state index in [4.69, 9.17) is 0 Å². The highest BCUT2D eigenvalue weighted by molar-refractivity contribution is 5.80. The molecule has 1 unspecified atom stereocenters. The maximum absolute atomic E-state index is 11.7. The fourth-order valence-electron chi connectivity index (χ4n) is 2.63. The van der Waals surface area contributed by atoms with E-state index < -0.39 is 11.5 Å². The Morgan fingerprint density at radius 2 is 2.10 bits per heavy atom. The summed E-state index contributed by atoms with van der Waals surface area (Å²) in [6.45, 7) is 6.24. The molecule has 1 aromatic carbocycles. The topological polar surface area (TPSA) is 67.2 Å². The zero-order valence-corrected chi connectivity index (χ0v) is 12.7. The Morgan fingerprint density at radius 3 is 2.71 bits per heavy atom. The Balaban J connectivity index is 1.95. The molecule has 2 aromatic rings. The molecule has 1 fully saturated rings. The largest absolute Gasteiger partial charge is 0.480 e. The van der Waals surface area contributed by atoms with Crippen molar-refractivity contribution in [1.82, 2.24) is 14.9 Å².